The maximum absolute atomic E-state index is 12.2. The Kier molecular flexibility index (Phi) is 4.78. The Morgan fingerprint density at radius 2 is 1.86 bits per heavy atom. The Balaban J connectivity index is 2.16. The fourth-order valence-electron chi connectivity index (χ4n) is 1.97. The van der Waals surface area contributed by atoms with Gasteiger partial charge in [0.15, 0.2) is 0 Å². The Labute approximate surface area is 129 Å². The van der Waals surface area contributed by atoms with E-state index in [1.54, 1.807) is 12.1 Å². The predicted molar refractivity (Wildman–Crippen MR) is 85.7 cm³/mol. The number of hydrogen-bond donors (Lipinski definition) is 2. The van der Waals surface area contributed by atoms with Gasteiger partial charge in [0.2, 0.25) is 0 Å². The number of benzene rings is 2. The number of amides is 1. The van der Waals surface area contributed by atoms with Crippen molar-refractivity contribution in [3.05, 3.63) is 66.1 Å². The summed E-state index contributed by atoms with van der Waals surface area (Å²) in [4.78, 5) is 23.6. The van der Waals surface area contributed by atoms with Gasteiger partial charge in [-0.05, 0) is 49.2 Å². The van der Waals surface area contributed by atoms with Crippen LogP contribution in [0.2, 0.25) is 0 Å². The van der Waals surface area contributed by atoms with Gasteiger partial charge in [-0.2, -0.15) is 0 Å². The molecule has 2 rings (SSSR count). The van der Waals surface area contributed by atoms with Crippen LogP contribution in [-0.4, -0.2) is 19.0 Å². The van der Waals surface area contributed by atoms with Gasteiger partial charge in [-0.15, -0.1) is 0 Å². The molecule has 0 spiro atoms. The zero-order chi connectivity index (χ0) is 16.1. The van der Waals surface area contributed by atoms with E-state index in [9.17, 15) is 9.59 Å². The lowest BCUT2D eigenvalue weighted by molar-refractivity contribution is 0.0600. The highest BCUT2D eigenvalue weighted by Crippen LogP contribution is 2.18. The largest absolute Gasteiger partial charge is 0.465 e. The van der Waals surface area contributed by atoms with Crippen molar-refractivity contribution in [2.24, 2.45) is 0 Å². The van der Waals surface area contributed by atoms with Crippen LogP contribution in [0.4, 0.5) is 11.4 Å². The SMILES string of the molecule is [CH2]Cc1ccc(NC(=O)c2ccc(C(=O)OC)cc2N)cc1. The van der Waals surface area contributed by atoms with Crippen molar-refractivity contribution in [1.82, 2.24) is 0 Å². The molecule has 113 valence electrons. The number of carbonyl (C=O) groups is 2. The molecule has 0 fully saturated rings. The van der Waals surface area contributed by atoms with Crippen molar-refractivity contribution in [3.8, 4) is 0 Å². The number of esters is 1. The minimum absolute atomic E-state index is 0.217. The first-order valence-electron chi connectivity index (χ1n) is 6.72. The van der Waals surface area contributed by atoms with Crippen molar-refractivity contribution in [2.75, 3.05) is 18.2 Å². The minimum atomic E-state index is -0.498. The molecule has 2 aromatic rings. The summed E-state index contributed by atoms with van der Waals surface area (Å²) in [5.74, 6) is -0.835. The van der Waals surface area contributed by atoms with E-state index in [2.05, 4.69) is 17.0 Å². The van der Waals surface area contributed by atoms with Crippen LogP contribution < -0.4 is 11.1 Å². The first-order chi connectivity index (χ1) is 10.5. The number of carbonyl (C=O) groups excluding carboxylic acids is 2. The van der Waals surface area contributed by atoms with Gasteiger partial charge < -0.3 is 15.8 Å². The minimum Gasteiger partial charge on any atom is -0.465 e. The van der Waals surface area contributed by atoms with Crippen molar-refractivity contribution >= 4 is 23.3 Å². The molecule has 0 saturated heterocycles. The number of anilines is 2. The highest BCUT2D eigenvalue weighted by Gasteiger charge is 2.13. The summed E-state index contributed by atoms with van der Waals surface area (Å²) in [6.07, 6.45) is 0.691. The summed E-state index contributed by atoms with van der Waals surface area (Å²) in [6.45, 7) is 3.79. The second kappa shape index (κ2) is 6.76. The average molecular weight is 297 g/mol. The number of nitrogens with two attached hydrogens (primary N) is 1. The molecular weight excluding hydrogens is 280 g/mol. The topological polar surface area (TPSA) is 81.4 Å². The summed E-state index contributed by atoms with van der Waals surface area (Å²) < 4.78 is 4.61. The second-order valence-corrected chi connectivity index (χ2v) is 4.69. The van der Waals surface area contributed by atoms with Crippen molar-refractivity contribution in [1.29, 1.82) is 0 Å². The number of rotatable bonds is 4. The van der Waals surface area contributed by atoms with Crippen LogP contribution in [-0.2, 0) is 11.2 Å². The van der Waals surface area contributed by atoms with Crippen LogP contribution in [0.15, 0.2) is 42.5 Å². The molecule has 0 heterocycles. The Bertz CT molecular complexity index is 694. The van der Waals surface area contributed by atoms with Gasteiger partial charge in [0.25, 0.3) is 5.91 Å². The average Bonchev–Trinajstić information content (AvgIpc) is 2.54. The number of nitrogen functional groups attached to an aromatic ring is 1. The number of nitrogens with one attached hydrogen (secondary N) is 1. The third-order valence-electron chi connectivity index (χ3n) is 3.22. The van der Waals surface area contributed by atoms with Crippen LogP contribution in [0.1, 0.15) is 26.3 Å². The standard InChI is InChI=1S/C17H17N2O3/c1-3-11-4-7-13(8-5-11)19-16(20)14-9-6-12(10-15(14)18)17(21)22-2/h4-10H,1,3,18H2,2H3,(H,19,20). The van der Waals surface area contributed by atoms with Gasteiger partial charge in [0.1, 0.15) is 0 Å². The van der Waals surface area contributed by atoms with E-state index in [0.717, 1.165) is 5.56 Å². The lowest BCUT2D eigenvalue weighted by Gasteiger charge is -2.09. The van der Waals surface area contributed by atoms with Crippen molar-refractivity contribution < 1.29 is 14.3 Å². The second-order valence-electron chi connectivity index (χ2n) is 4.69. The molecule has 0 aliphatic carbocycles. The zero-order valence-corrected chi connectivity index (χ0v) is 12.3. The Morgan fingerprint density at radius 1 is 1.18 bits per heavy atom. The van der Waals surface area contributed by atoms with Crippen LogP contribution in [0, 0.1) is 6.92 Å². The van der Waals surface area contributed by atoms with E-state index in [1.807, 2.05) is 12.1 Å². The van der Waals surface area contributed by atoms with E-state index in [1.165, 1.54) is 25.3 Å². The van der Waals surface area contributed by atoms with Crippen LogP contribution in [0.5, 0.6) is 0 Å². The lowest BCUT2D eigenvalue weighted by Crippen LogP contribution is -2.15. The summed E-state index contributed by atoms with van der Waals surface area (Å²) in [6, 6.07) is 11.8. The molecule has 2 aromatic carbocycles. The van der Waals surface area contributed by atoms with E-state index >= 15 is 0 Å². The molecule has 0 atom stereocenters. The molecule has 5 heteroatoms. The fourth-order valence-corrected chi connectivity index (χ4v) is 1.97. The van der Waals surface area contributed by atoms with Crippen LogP contribution >= 0.6 is 0 Å². The predicted octanol–water partition coefficient (Wildman–Crippen LogP) is 2.68. The molecule has 3 N–H and O–H groups in total. The molecule has 1 amide bonds. The van der Waals surface area contributed by atoms with Crippen molar-refractivity contribution in [3.63, 3.8) is 0 Å². The lowest BCUT2D eigenvalue weighted by atomic mass is 10.1. The third-order valence-corrected chi connectivity index (χ3v) is 3.22. The van der Waals surface area contributed by atoms with Gasteiger partial charge in [-0.3, -0.25) is 4.79 Å². The molecular formula is C17H17N2O3. The number of ether oxygens (including phenoxy) is 1. The van der Waals surface area contributed by atoms with E-state index < -0.39 is 5.97 Å². The zero-order valence-electron chi connectivity index (χ0n) is 12.3. The number of methoxy groups -OCH3 is 1. The normalized spacial score (nSPS) is 10.1. The molecule has 22 heavy (non-hydrogen) atoms. The van der Waals surface area contributed by atoms with Gasteiger partial charge in [-0.1, -0.05) is 12.1 Å². The molecule has 1 radical (unpaired) electrons. The summed E-state index contributed by atoms with van der Waals surface area (Å²) in [5, 5.41) is 2.76. The monoisotopic (exact) mass is 297 g/mol. The van der Waals surface area contributed by atoms with E-state index in [-0.39, 0.29) is 11.6 Å². The van der Waals surface area contributed by atoms with Gasteiger partial charge in [0, 0.05) is 11.4 Å². The van der Waals surface area contributed by atoms with Gasteiger partial charge in [-0.25, -0.2) is 4.79 Å². The molecule has 5 nitrogen and oxygen atoms in total. The summed E-state index contributed by atoms with van der Waals surface area (Å²) in [5.41, 5.74) is 8.41. The maximum Gasteiger partial charge on any atom is 0.337 e. The number of hydrogen-bond acceptors (Lipinski definition) is 4. The molecule has 0 unspecified atom stereocenters. The van der Waals surface area contributed by atoms with Crippen LogP contribution in [0.3, 0.4) is 0 Å². The summed E-state index contributed by atoms with van der Waals surface area (Å²) >= 11 is 0. The molecule has 0 aliphatic heterocycles. The van der Waals surface area contributed by atoms with E-state index in [4.69, 9.17) is 5.73 Å². The van der Waals surface area contributed by atoms with Gasteiger partial charge >= 0.3 is 5.97 Å². The third kappa shape index (κ3) is 3.44. The van der Waals surface area contributed by atoms with E-state index in [0.29, 0.717) is 23.2 Å². The smallest absolute Gasteiger partial charge is 0.337 e. The highest BCUT2D eigenvalue weighted by atomic mass is 16.5. The molecule has 0 saturated carbocycles. The molecule has 0 bridgehead atoms. The van der Waals surface area contributed by atoms with Crippen LogP contribution in [0.25, 0.3) is 0 Å². The Hall–Kier alpha value is -2.82. The first kappa shape index (κ1) is 15.6. The molecule has 0 aromatic heterocycles. The van der Waals surface area contributed by atoms with Gasteiger partial charge in [0.05, 0.1) is 18.2 Å². The Morgan fingerprint density at radius 3 is 2.41 bits per heavy atom. The highest BCUT2D eigenvalue weighted by molar-refractivity contribution is 6.08. The van der Waals surface area contributed by atoms with Crippen molar-refractivity contribution in [2.45, 2.75) is 6.42 Å². The first-order valence-corrected chi connectivity index (χ1v) is 6.72. The quantitative estimate of drug-likeness (QED) is 0.671. The fraction of sp³-hybridized carbons (Fsp3) is 0.118. The maximum atomic E-state index is 12.2. The molecule has 0 aliphatic rings. The summed E-state index contributed by atoms with van der Waals surface area (Å²) in [7, 11) is 1.29.